The van der Waals surface area contributed by atoms with Crippen molar-refractivity contribution in [2.75, 3.05) is 0 Å². The minimum Gasteiger partial charge on any atom is -0.478 e. The highest BCUT2D eigenvalue weighted by Crippen LogP contribution is 2.47. The van der Waals surface area contributed by atoms with E-state index in [0.717, 1.165) is 36.4 Å². The molecule has 4 N–H and O–H groups in total. The number of rotatable bonds is 10. The molecule has 10 nitrogen and oxygen atoms in total. The summed E-state index contributed by atoms with van der Waals surface area (Å²) in [6.45, 7) is 0. The van der Waals surface area contributed by atoms with Gasteiger partial charge < -0.3 is 29.9 Å². The Kier molecular flexibility index (Phi) is 8.91. The minimum absolute atomic E-state index is 0.0772. The fourth-order valence-corrected chi connectivity index (χ4v) is 4.55. The number of carboxylic acids is 4. The molecule has 0 aromatic heterocycles. The summed E-state index contributed by atoms with van der Waals surface area (Å²) in [5.74, 6) is -13.8. The molecule has 0 heterocycles. The predicted molar refractivity (Wildman–Crippen MR) is 148 cm³/mol. The zero-order valence-corrected chi connectivity index (χ0v) is 23.1. The number of ether oxygens (including phenoxy) is 2. The molecule has 0 radical (unpaired) electrons. The van der Waals surface area contributed by atoms with Gasteiger partial charge in [-0.1, -0.05) is 48.5 Å². The Morgan fingerprint density at radius 1 is 0.468 bits per heavy atom. The molecule has 0 spiro atoms. The van der Waals surface area contributed by atoms with Gasteiger partial charge in [-0.25, -0.2) is 19.2 Å². The molecule has 0 fully saturated rings. The number of aromatic carboxylic acids is 4. The molecule has 0 bridgehead atoms. The van der Waals surface area contributed by atoms with Gasteiger partial charge in [0.25, 0.3) is 0 Å². The van der Waals surface area contributed by atoms with E-state index in [1.54, 1.807) is 0 Å². The summed E-state index contributed by atoms with van der Waals surface area (Å²) in [7, 11) is 0. The fraction of sp³-hybridized carbons (Fsp3) is 0.0968. The Labute approximate surface area is 258 Å². The third-order valence-corrected chi connectivity index (χ3v) is 6.62. The largest absolute Gasteiger partial charge is 0.478 e. The Balaban J connectivity index is 1.73. The average Bonchev–Trinajstić information content (AvgIpc) is 2.99. The van der Waals surface area contributed by atoms with Gasteiger partial charge in [0.05, 0.1) is 22.3 Å². The Bertz CT molecular complexity index is 1730. The summed E-state index contributed by atoms with van der Waals surface area (Å²) in [6, 6.07) is 13.1. The maximum Gasteiger partial charge on any atom is 0.478 e. The van der Waals surface area contributed by atoms with Gasteiger partial charge in [-0.2, -0.15) is 26.3 Å². The molecule has 0 aliphatic heterocycles. The molecule has 0 atom stereocenters. The minimum atomic E-state index is -6.26. The van der Waals surface area contributed by atoms with Crippen LogP contribution in [0.3, 0.4) is 0 Å². The summed E-state index contributed by atoms with van der Waals surface area (Å²) in [6.07, 6.45) is -12.5. The molecule has 0 amide bonds. The van der Waals surface area contributed by atoms with Crippen molar-refractivity contribution in [2.45, 2.75) is 18.1 Å². The van der Waals surface area contributed by atoms with Gasteiger partial charge in [0.15, 0.2) is 0 Å². The van der Waals surface area contributed by atoms with Crippen molar-refractivity contribution in [3.63, 3.8) is 0 Å². The molecule has 0 saturated heterocycles. The summed E-state index contributed by atoms with van der Waals surface area (Å²) in [5, 5.41) is 37.7. The second-order valence-corrected chi connectivity index (χ2v) is 9.54. The van der Waals surface area contributed by atoms with Crippen molar-refractivity contribution < 1.29 is 75.4 Å². The molecule has 4 aromatic carbocycles. The normalized spacial score (nSPS) is 11.9. The zero-order chi connectivity index (χ0) is 34.9. The van der Waals surface area contributed by atoms with Crippen LogP contribution in [-0.2, 0) is 0 Å². The number of benzene rings is 4. The molecule has 4 rings (SSSR count). The molecule has 0 unspecified atom stereocenters. The van der Waals surface area contributed by atoms with Crippen molar-refractivity contribution in [3.8, 4) is 33.8 Å². The van der Waals surface area contributed by atoms with Crippen LogP contribution in [0.25, 0.3) is 22.3 Å². The monoisotopic (exact) mass is 664 g/mol. The third kappa shape index (κ3) is 6.51. The van der Waals surface area contributed by atoms with Crippen LogP contribution in [-0.4, -0.2) is 62.4 Å². The number of carboxylic acid groups (broad SMARTS) is 4. The van der Waals surface area contributed by atoms with E-state index in [2.05, 4.69) is 9.47 Å². The van der Waals surface area contributed by atoms with Crippen molar-refractivity contribution in [1.29, 1.82) is 0 Å². The molecular formula is C31H18F6O10. The van der Waals surface area contributed by atoms with Gasteiger partial charge in [0.2, 0.25) is 0 Å². The number of carbonyl (C=O) groups is 4. The predicted octanol–water partition coefficient (Wildman–Crippen LogP) is 7.09. The third-order valence-electron chi connectivity index (χ3n) is 6.62. The first-order chi connectivity index (χ1) is 21.9. The lowest BCUT2D eigenvalue weighted by Gasteiger charge is -2.36. The second-order valence-electron chi connectivity index (χ2n) is 9.54. The van der Waals surface area contributed by atoms with Gasteiger partial charge in [-0.15, -0.1) is 0 Å². The first-order valence-electron chi connectivity index (χ1n) is 12.8. The standard InChI is InChI=1S/C31H18F6O10/c32-30(33,34)29(31(35,36)37,46-17-11-7-15(8-12-17)19-3-1-5-21(25(38)39)23(19)27(42)43)47-18-13-9-16(10-14-18)20-4-2-6-22(26(40)41)24(20)28(44)45/h1-14H,(H,38,39)(H,40,41)(H,42,43)(H,44,45). The highest BCUT2D eigenvalue weighted by molar-refractivity contribution is 6.07. The summed E-state index contributed by atoms with van der Waals surface area (Å²) in [4.78, 5) is 46.5. The lowest BCUT2D eigenvalue weighted by Crippen LogP contribution is -2.65. The van der Waals surface area contributed by atoms with Gasteiger partial charge in [-0.3, -0.25) is 0 Å². The summed E-state index contributed by atoms with van der Waals surface area (Å²) in [5.41, 5.74) is -3.13. The maximum atomic E-state index is 14.2. The lowest BCUT2D eigenvalue weighted by atomic mass is 9.95. The Morgan fingerprint density at radius 2 is 0.787 bits per heavy atom. The first-order valence-corrected chi connectivity index (χ1v) is 12.8. The van der Waals surface area contributed by atoms with Crippen LogP contribution in [0.5, 0.6) is 11.5 Å². The second kappa shape index (κ2) is 12.4. The zero-order valence-electron chi connectivity index (χ0n) is 23.1. The molecule has 0 aliphatic carbocycles. The topological polar surface area (TPSA) is 168 Å². The van der Waals surface area contributed by atoms with E-state index in [4.69, 9.17) is 0 Å². The average molecular weight is 664 g/mol. The van der Waals surface area contributed by atoms with Crippen molar-refractivity contribution >= 4 is 23.9 Å². The van der Waals surface area contributed by atoms with Crippen LogP contribution in [0.15, 0.2) is 84.9 Å². The quantitative estimate of drug-likeness (QED) is 0.101. The van der Waals surface area contributed by atoms with Crippen LogP contribution in [0.2, 0.25) is 0 Å². The summed E-state index contributed by atoms with van der Waals surface area (Å²) < 4.78 is 94.4. The van der Waals surface area contributed by atoms with Crippen LogP contribution in [0.4, 0.5) is 26.3 Å². The lowest BCUT2D eigenvalue weighted by molar-refractivity contribution is -0.422. The Hall–Kier alpha value is -6.06. The van der Waals surface area contributed by atoms with E-state index >= 15 is 0 Å². The van der Waals surface area contributed by atoms with E-state index in [1.165, 1.54) is 24.3 Å². The molecule has 16 heteroatoms. The molecule has 0 saturated carbocycles. The number of hydrogen-bond donors (Lipinski definition) is 4. The van der Waals surface area contributed by atoms with Crippen molar-refractivity contribution in [3.05, 3.63) is 107 Å². The first kappa shape index (κ1) is 33.8. The molecule has 0 aliphatic rings. The number of halogens is 6. The van der Waals surface area contributed by atoms with E-state index in [1.807, 2.05) is 0 Å². The van der Waals surface area contributed by atoms with Gasteiger partial charge in [0.1, 0.15) is 11.5 Å². The fourth-order valence-electron chi connectivity index (χ4n) is 4.55. The summed E-state index contributed by atoms with van der Waals surface area (Å²) >= 11 is 0. The van der Waals surface area contributed by atoms with E-state index < -0.39 is 75.8 Å². The highest BCUT2D eigenvalue weighted by atomic mass is 19.4. The van der Waals surface area contributed by atoms with Crippen molar-refractivity contribution in [2.24, 2.45) is 0 Å². The highest BCUT2D eigenvalue weighted by Gasteiger charge is 2.77. The number of hydrogen-bond acceptors (Lipinski definition) is 6. The Morgan fingerprint density at radius 3 is 1.04 bits per heavy atom. The van der Waals surface area contributed by atoms with E-state index in [0.29, 0.717) is 24.3 Å². The van der Waals surface area contributed by atoms with E-state index in [-0.39, 0.29) is 22.3 Å². The molecule has 244 valence electrons. The van der Waals surface area contributed by atoms with Gasteiger partial charge in [0, 0.05) is 0 Å². The molecular weight excluding hydrogens is 646 g/mol. The SMILES string of the molecule is O=C(O)c1cccc(-c2ccc(OC(Oc3ccc(-c4cccc(C(=O)O)c4C(=O)O)cc3)(C(F)(F)F)C(F)(F)F)cc2)c1C(=O)O. The van der Waals surface area contributed by atoms with Gasteiger partial charge >= 0.3 is 42.0 Å². The smallest absolute Gasteiger partial charge is 0.478 e. The van der Waals surface area contributed by atoms with Crippen molar-refractivity contribution in [1.82, 2.24) is 0 Å². The van der Waals surface area contributed by atoms with Crippen LogP contribution >= 0.6 is 0 Å². The van der Waals surface area contributed by atoms with Gasteiger partial charge in [-0.05, 0) is 58.7 Å². The molecule has 47 heavy (non-hydrogen) atoms. The van der Waals surface area contributed by atoms with Crippen LogP contribution in [0, 0.1) is 0 Å². The maximum absolute atomic E-state index is 14.2. The van der Waals surface area contributed by atoms with Crippen LogP contribution in [0.1, 0.15) is 41.4 Å². The number of alkyl halides is 6. The van der Waals surface area contributed by atoms with Crippen LogP contribution < -0.4 is 9.47 Å². The molecule has 4 aromatic rings. The van der Waals surface area contributed by atoms with E-state index in [9.17, 15) is 65.9 Å².